The molecule has 5 aliphatic rings. The minimum atomic E-state index is -0.358. The van der Waals surface area contributed by atoms with Gasteiger partial charge in [-0.05, 0) is 112 Å². The number of likely N-dealkylation sites (tertiary alicyclic amines) is 1. The van der Waals surface area contributed by atoms with E-state index in [0.717, 1.165) is 118 Å². The summed E-state index contributed by atoms with van der Waals surface area (Å²) < 4.78 is 4.21. The van der Waals surface area contributed by atoms with Crippen molar-refractivity contribution in [1.82, 2.24) is 39.3 Å². The Morgan fingerprint density at radius 2 is 1.81 bits per heavy atom. The van der Waals surface area contributed by atoms with Crippen molar-refractivity contribution in [3.63, 3.8) is 0 Å². The lowest BCUT2D eigenvalue weighted by Gasteiger charge is -2.32. The number of nitrogens with zero attached hydrogens (tertiary/aromatic N) is 8. The summed E-state index contributed by atoms with van der Waals surface area (Å²) in [6.45, 7) is 4.98. The minimum Gasteiger partial charge on any atom is -0.393 e. The van der Waals surface area contributed by atoms with Crippen LogP contribution in [-0.2, 0) is 33.4 Å². The summed E-state index contributed by atoms with van der Waals surface area (Å²) >= 11 is 1.73. The topological polar surface area (TPSA) is 174 Å². The van der Waals surface area contributed by atoms with Gasteiger partial charge < -0.3 is 21.1 Å². The molecule has 314 valence electrons. The third kappa shape index (κ3) is 9.56. The van der Waals surface area contributed by atoms with Gasteiger partial charge in [-0.2, -0.15) is 10.1 Å². The molecule has 4 aromatic rings. The Morgan fingerprint density at radius 1 is 1.03 bits per heavy atom. The van der Waals surface area contributed by atoms with Crippen LogP contribution in [0, 0.1) is 0 Å². The maximum Gasteiger partial charge on any atom is 0.236 e. The maximum absolute atomic E-state index is 12.3. The number of piperidine rings is 2. The van der Waals surface area contributed by atoms with E-state index in [9.17, 15) is 14.4 Å². The number of anilines is 3. The Hall–Kier alpha value is -4.64. The number of aliphatic hydroxyl groups is 1. The van der Waals surface area contributed by atoms with E-state index >= 15 is 0 Å². The second kappa shape index (κ2) is 18.3. The summed E-state index contributed by atoms with van der Waals surface area (Å²) in [4.78, 5) is 54.2. The zero-order valence-electron chi connectivity index (χ0n) is 34.2. The SMILES string of the molecule is CNC(=O)CCN(C=O)c1nn(C)c2cc(C3CCN(Cc4cccc(SN5CCC(Nc6ncc7c(n6)NC(=O)C76CC6)CC5)n4)CC3)ccc12.OC1CCCCC1. The molecule has 16 heteroatoms. The van der Waals surface area contributed by atoms with E-state index in [1.807, 2.05) is 17.9 Å². The van der Waals surface area contributed by atoms with Crippen molar-refractivity contribution in [1.29, 1.82) is 0 Å². The van der Waals surface area contributed by atoms with Gasteiger partial charge in [0.25, 0.3) is 0 Å². The van der Waals surface area contributed by atoms with E-state index in [1.54, 1.807) is 19.0 Å². The van der Waals surface area contributed by atoms with E-state index < -0.39 is 0 Å². The molecule has 1 spiro atoms. The van der Waals surface area contributed by atoms with Crippen molar-refractivity contribution in [3.05, 3.63) is 59.4 Å². The molecule has 3 aliphatic heterocycles. The van der Waals surface area contributed by atoms with E-state index in [4.69, 9.17) is 10.1 Å². The molecule has 3 amide bonds. The van der Waals surface area contributed by atoms with Crippen molar-refractivity contribution in [2.24, 2.45) is 7.05 Å². The molecule has 6 heterocycles. The molecule has 3 aromatic heterocycles. The zero-order chi connectivity index (χ0) is 40.9. The molecule has 4 fully saturated rings. The van der Waals surface area contributed by atoms with Gasteiger partial charge in [0.05, 0.1) is 22.7 Å². The molecule has 1 aromatic carbocycles. The van der Waals surface area contributed by atoms with Gasteiger partial charge in [-0.25, -0.2) is 14.3 Å². The van der Waals surface area contributed by atoms with Crippen molar-refractivity contribution in [3.8, 4) is 0 Å². The first-order valence-corrected chi connectivity index (χ1v) is 22.1. The zero-order valence-corrected chi connectivity index (χ0v) is 35.1. The first-order valence-electron chi connectivity index (χ1n) is 21.4. The Morgan fingerprint density at radius 3 is 2.51 bits per heavy atom. The maximum atomic E-state index is 12.3. The first kappa shape index (κ1) is 41.1. The molecule has 15 nitrogen and oxygen atoms in total. The smallest absolute Gasteiger partial charge is 0.236 e. The van der Waals surface area contributed by atoms with Crippen molar-refractivity contribution >= 4 is 58.7 Å². The number of benzene rings is 1. The Labute approximate surface area is 350 Å². The minimum absolute atomic E-state index is 0.0359. The summed E-state index contributed by atoms with van der Waals surface area (Å²) in [5.41, 5.74) is 3.96. The number of hydrogen-bond donors (Lipinski definition) is 4. The lowest BCUT2D eigenvalue weighted by molar-refractivity contribution is -0.120. The molecule has 2 saturated carbocycles. The number of aliphatic hydroxyl groups excluding tert-OH is 1. The molecule has 59 heavy (non-hydrogen) atoms. The second-order valence-electron chi connectivity index (χ2n) is 16.7. The number of hydrogen-bond acceptors (Lipinski definition) is 12. The van der Waals surface area contributed by atoms with Gasteiger partial charge in [0.15, 0.2) is 5.82 Å². The van der Waals surface area contributed by atoms with Gasteiger partial charge in [-0.1, -0.05) is 31.4 Å². The average Bonchev–Trinajstić information content (AvgIpc) is 3.94. The number of amides is 3. The van der Waals surface area contributed by atoms with Gasteiger partial charge in [0.1, 0.15) is 10.8 Å². The first-order chi connectivity index (χ1) is 28.7. The quantitative estimate of drug-likeness (QED) is 0.110. The number of pyridine rings is 1. The van der Waals surface area contributed by atoms with Crippen LogP contribution in [0.25, 0.3) is 10.9 Å². The fourth-order valence-corrected chi connectivity index (χ4v) is 9.84. The van der Waals surface area contributed by atoms with Crippen LogP contribution in [0.4, 0.5) is 17.6 Å². The number of nitrogens with one attached hydrogen (secondary N) is 3. The van der Waals surface area contributed by atoms with Gasteiger partial charge in [-0.15, -0.1) is 0 Å². The molecule has 0 radical (unpaired) electrons. The number of rotatable bonds is 12. The van der Waals surface area contributed by atoms with Gasteiger partial charge in [0, 0.05) is 69.9 Å². The van der Waals surface area contributed by atoms with Crippen LogP contribution in [-0.4, -0.2) is 109 Å². The number of carbonyl (C=O) groups is 3. The van der Waals surface area contributed by atoms with E-state index in [1.165, 1.54) is 29.7 Å². The highest BCUT2D eigenvalue weighted by Crippen LogP contribution is 2.54. The van der Waals surface area contributed by atoms with Crippen LogP contribution < -0.4 is 20.9 Å². The molecule has 0 unspecified atom stereocenters. The lowest BCUT2D eigenvalue weighted by Crippen LogP contribution is -2.36. The van der Waals surface area contributed by atoms with Gasteiger partial charge >= 0.3 is 0 Å². The van der Waals surface area contributed by atoms with Crippen LogP contribution in [0.15, 0.2) is 47.6 Å². The highest BCUT2D eigenvalue weighted by atomic mass is 32.2. The molecule has 0 bridgehead atoms. The molecule has 2 saturated heterocycles. The van der Waals surface area contributed by atoms with E-state index in [-0.39, 0.29) is 42.3 Å². The van der Waals surface area contributed by atoms with Crippen LogP contribution in [0.5, 0.6) is 0 Å². The molecular weight excluding hydrogens is 767 g/mol. The fourth-order valence-electron chi connectivity index (χ4n) is 8.88. The molecule has 9 rings (SSSR count). The molecule has 4 N–H and O–H groups in total. The molecular formula is C43H57N11O4S. The normalized spacial score (nSPS) is 19.8. The van der Waals surface area contributed by atoms with Crippen molar-refractivity contribution in [2.45, 2.75) is 112 Å². The van der Waals surface area contributed by atoms with E-state index in [2.05, 4.69) is 76.6 Å². The molecule has 0 atom stereocenters. The van der Waals surface area contributed by atoms with Crippen LogP contribution >= 0.6 is 11.9 Å². The molecule has 2 aliphatic carbocycles. The van der Waals surface area contributed by atoms with Crippen LogP contribution in [0.3, 0.4) is 0 Å². The largest absolute Gasteiger partial charge is 0.393 e. The Bertz CT molecular complexity index is 2120. The van der Waals surface area contributed by atoms with Crippen molar-refractivity contribution < 1.29 is 19.5 Å². The lowest BCUT2D eigenvalue weighted by atomic mass is 9.89. The second-order valence-corrected chi connectivity index (χ2v) is 17.8. The summed E-state index contributed by atoms with van der Waals surface area (Å²) in [6, 6.07) is 13.1. The summed E-state index contributed by atoms with van der Waals surface area (Å²) in [6.07, 6.45) is 14.6. The highest BCUT2D eigenvalue weighted by molar-refractivity contribution is 7.97. The number of aromatic nitrogens is 5. The summed E-state index contributed by atoms with van der Waals surface area (Å²) in [7, 11) is 3.49. The van der Waals surface area contributed by atoms with Crippen LogP contribution in [0.1, 0.15) is 99.8 Å². The summed E-state index contributed by atoms with van der Waals surface area (Å²) in [5.74, 6) is 2.24. The predicted molar refractivity (Wildman–Crippen MR) is 229 cm³/mol. The number of aryl methyl sites for hydroxylation is 1. The van der Waals surface area contributed by atoms with Gasteiger partial charge in [-0.3, -0.25) is 28.9 Å². The van der Waals surface area contributed by atoms with E-state index in [0.29, 0.717) is 23.5 Å². The highest BCUT2D eigenvalue weighted by Gasteiger charge is 2.57. The average molecular weight is 824 g/mol. The fraction of sp³-hybridized carbons (Fsp3) is 0.558. The Balaban J connectivity index is 0.000000628. The van der Waals surface area contributed by atoms with Crippen LogP contribution in [0.2, 0.25) is 0 Å². The summed E-state index contributed by atoms with van der Waals surface area (Å²) in [5, 5.41) is 24.5. The van der Waals surface area contributed by atoms with Gasteiger partial charge in [0.2, 0.25) is 24.2 Å². The number of carbonyl (C=O) groups excluding carboxylic acids is 3. The number of fused-ring (bicyclic) bond motifs is 3. The Kier molecular flexibility index (Phi) is 12.8. The third-order valence-electron chi connectivity index (χ3n) is 12.6. The van der Waals surface area contributed by atoms with Crippen molar-refractivity contribution in [2.75, 3.05) is 55.3 Å². The predicted octanol–water partition coefficient (Wildman–Crippen LogP) is 5.12. The standard InChI is InChI=1S/C37H45N11O3S.C6H12O/c1-38-31(50)12-17-47(23-49)34-28-7-6-25(20-30(28)45(2)44-34)24-8-15-46(16-9-24)22-27-4-3-5-32(40-27)52-48-18-10-26(11-19-48)41-36-39-21-29-33(43-36)42-35(51)37(29)13-14-37;7-6-4-2-1-3-5-6/h3-7,20-21,23-24,26H,8-19,22H2,1-2H3,(H,38,50)(H2,39,41,42,43,51);6-7H,1-5H2. The monoisotopic (exact) mass is 823 g/mol. The third-order valence-corrected chi connectivity index (χ3v) is 13.7.